The molecule has 1 aliphatic rings. The van der Waals surface area contributed by atoms with Crippen molar-refractivity contribution in [2.45, 2.75) is 25.8 Å². The first kappa shape index (κ1) is 17.6. The van der Waals surface area contributed by atoms with Crippen LogP contribution >= 0.6 is 11.3 Å². The molecule has 0 spiro atoms. The molecule has 0 aliphatic carbocycles. The number of hydrogen-bond donors (Lipinski definition) is 3. The summed E-state index contributed by atoms with van der Waals surface area (Å²) in [6.45, 7) is 3.60. The highest BCUT2D eigenvalue weighted by atomic mass is 32.1. The zero-order chi connectivity index (χ0) is 17.8. The van der Waals surface area contributed by atoms with E-state index in [1.165, 1.54) is 29.5 Å². The Morgan fingerprint density at radius 2 is 2.12 bits per heavy atom. The molecule has 1 aliphatic heterocycles. The van der Waals surface area contributed by atoms with Crippen molar-refractivity contribution in [3.05, 3.63) is 52.2 Å². The maximum Gasteiger partial charge on any atom is 0.261 e. The van der Waals surface area contributed by atoms with E-state index >= 15 is 0 Å². The molecule has 2 amide bonds. The second kappa shape index (κ2) is 7.76. The van der Waals surface area contributed by atoms with E-state index < -0.39 is 11.7 Å². The summed E-state index contributed by atoms with van der Waals surface area (Å²) in [5, 5.41) is 9.58. The third-order valence-corrected chi connectivity index (χ3v) is 5.23. The smallest absolute Gasteiger partial charge is 0.261 e. The summed E-state index contributed by atoms with van der Waals surface area (Å²) in [5.41, 5.74) is 1.05. The quantitative estimate of drug-likeness (QED) is 0.784. The van der Waals surface area contributed by atoms with Crippen molar-refractivity contribution in [2.24, 2.45) is 0 Å². The lowest BCUT2D eigenvalue weighted by Crippen LogP contribution is -2.45. The predicted molar refractivity (Wildman–Crippen MR) is 96.8 cm³/mol. The van der Waals surface area contributed by atoms with Crippen LogP contribution in [0.4, 0.5) is 9.39 Å². The molecule has 1 atom stereocenters. The Bertz CT molecular complexity index is 784. The van der Waals surface area contributed by atoms with E-state index in [0.29, 0.717) is 9.88 Å². The molecule has 1 aromatic heterocycles. The Hall–Kier alpha value is -2.25. The van der Waals surface area contributed by atoms with Gasteiger partial charge in [-0.2, -0.15) is 0 Å². The fourth-order valence-electron chi connectivity index (χ4n) is 2.81. The van der Waals surface area contributed by atoms with Crippen LogP contribution in [0, 0.1) is 12.7 Å². The molecule has 0 saturated carbocycles. The first-order chi connectivity index (χ1) is 12.0. The van der Waals surface area contributed by atoms with Gasteiger partial charge in [-0.05, 0) is 56.1 Å². The van der Waals surface area contributed by atoms with Crippen molar-refractivity contribution in [1.82, 2.24) is 10.6 Å². The van der Waals surface area contributed by atoms with Crippen molar-refractivity contribution >= 4 is 28.2 Å². The molecule has 2 aromatic rings. The van der Waals surface area contributed by atoms with Gasteiger partial charge in [0, 0.05) is 18.2 Å². The van der Waals surface area contributed by atoms with Crippen molar-refractivity contribution in [3.8, 4) is 0 Å². The average molecular weight is 361 g/mol. The maximum atomic E-state index is 13.2. The van der Waals surface area contributed by atoms with E-state index in [0.717, 1.165) is 31.5 Å². The van der Waals surface area contributed by atoms with Gasteiger partial charge in [-0.3, -0.25) is 9.59 Å². The summed E-state index contributed by atoms with van der Waals surface area (Å²) in [6.07, 6.45) is 2.01. The first-order valence-electron chi connectivity index (χ1n) is 8.22. The van der Waals surface area contributed by atoms with Gasteiger partial charge in [-0.25, -0.2) is 4.39 Å². The number of hydrogen-bond acceptors (Lipinski definition) is 4. The van der Waals surface area contributed by atoms with Gasteiger partial charge >= 0.3 is 0 Å². The van der Waals surface area contributed by atoms with Crippen LogP contribution in [-0.4, -0.2) is 30.9 Å². The summed E-state index contributed by atoms with van der Waals surface area (Å²) in [4.78, 5) is 25.2. The van der Waals surface area contributed by atoms with Gasteiger partial charge in [0.15, 0.2) is 0 Å². The third-order valence-electron chi connectivity index (χ3n) is 4.08. The minimum Gasteiger partial charge on any atom is -0.347 e. The van der Waals surface area contributed by atoms with Crippen LogP contribution in [0.2, 0.25) is 0 Å². The lowest BCUT2D eigenvalue weighted by molar-refractivity contribution is 0.0933. The molecule has 5 nitrogen and oxygen atoms in total. The Balaban J connectivity index is 1.67. The molecule has 1 saturated heterocycles. The number of carbonyl (C=O) groups is 2. The van der Waals surface area contributed by atoms with Gasteiger partial charge in [0.2, 0.25) is 0 Å². The van der Waals surface area contributed by atoms with Gasteiger partial charge in [0.05, 0.1) is 9.88 Å². The first-order valence-corrected chi connectivity index (χ1v) is 9.03. The third kappa shape index (κ3) is 4.43. The van der Waals surface area contributed by atoms with Gasteiger partial charge < -0.3 is 16.0 Å². The molecule has 3 rings (SSSR count). The number of amides is 2. The normalized spacial score (nSPS) is 17.1. The Morgan fingerprint density at radius 3 is 2.84 bits per heavy atom. The zero-order valence-electron chi connectivity index (χ0n) is 13.9. The van der Waals surface area contributed by atoms with Crippen LogP contribution in [0.25, 0.3) is 0 Å². The largest absolute Gasteiger partial charge is 0.347 e. The molecular formula is C18H20FN3O2S. The van der Waals surface area contributed by atoms with Gasteiger partial charge in [0.25, 0.3) is 11.8 Å². The lowest BCUT2D eigenvalue weighted by Gasteiger charge is -2.23. The fourth-order valence-corrected chi connectivity index (χ4v) is 3.78. The maximum absolute atomic E-state index is 13.2. The van der Waals surface area contributed by atoms with Gasteiger partial charge in [-0.1, -0.05) is 6.07 Å². The minimum absolute atomic E-state index is 0.123. The summed E-state index contributed by atoms with van der Waals surface area (Å²) < 4.78 is 13.2. The molecule has 2 heterocycles. The Kier molecular flexibility index (Phi) is 5.45. The number of carbonyl (C=O) groups excluding carboxylic acids is 2. The molecular weight excluding hydrogens is 341 g/mol. The van der Waals surface area contributed by atoms with Crippen molar-refractivity contribution in [1.29, 1.82) is 0 Å². The average Bonchev–Trinajstić information content (AvgIpc) is 2.96. The van der Waals surface area contributed by atoms with Crippen LogP contribution in [0.1, 0.15) is 38.4 Å². The summed E-state index contributed by atoms with van der Waals surface area (Å²) in [5.74, 6) is -0.984. The molecule has 7 heteroatoms. The summed E-state index contributed by atoms with van der Waals surface area (Å²) in [6, 6.07) is 7.39. The van der Waals surface area contributed by atoms with E-state index in [-0.39, 0.29) is 17.5 Å². The van der Waals surface area contributed by atoms with Crippen LogP contribution in [0.15, 0.2) is 30.3 Å². The molecule has 0 bridgehead atoms. The number of piperidine rings is 1. The monoisotopic (exact) mass is 361 g/mol. The second-order valence-corrected chi connectivity index (χ2v) is 7.16. The number of nitrogens with one attached hydrogen (secondary N) is 3. The van der Waals surface area contributed by atoms with E-state index in [9.17, 15) is 14.0 Å². The standard InChI is InChI=1S/C18H20FN3O2S/c1-11-8-15(22-17(23)12-4-2-5-13(19)9-12)25-16(11)18(24)21-14-6-3-7-20-10-14/h2,4-5,8-9,14,20H,3,6-7,10H2,1H3,(H,21,24)(H,22,23)/t14-/m0/s1. The van der Waals surface area contributed by atoms with Crippen LogP contribution in [0.3, 0.4) is 0 Å². The number of halogens is 1. The number of aryl methyl sites for hydroxylation is 1. The Labute approximate surface area is 149 Å². The summed E-state index contributed by atoms with van der Waals surface area (Å²) >= 11 is 1.23. The van der Waals surface area contributed by atoms with E-state index in [1.807, 2.05) is 6.92 Å². The highest BCUT2D eigenvalue weighted by Gasteiger charge is 2.20. The van der Waals surface area contributed by atoms with Crippen LogP contribution in [-0.2, 0) is 0 Å². The molecule has 3 N–H and O–H groups in total. The van der Waals surface area contributed by atoms with Crippen LogP contribution in [0.5, 0.6) is 0 Å². The van der Waals surface area contributed by atoms with Crippen molar-refractivity contribution < 1.29 is 14.0 Å². The molecule has 0 unspecified atom stereocenters. The zero-order valence-corrected chi connectivity index (χ0v) is 14.7. The van der Waals surface area contributed by atoms with Crippen molar-refractivity contribution in [2.75, 3.05) is 18.4 Å². The Morgan fingerprint density at radius 1 is 1.28 bits per heavy atom. The minimum atomic E-state index is -0.462. The van der Waals surface area contributed by atoms with Crippen LogP contribution < -0.4 is 16.0 Å². The fraction of sp³-hybridized carbons (Fsp3) is 0.333. The number of benzene rings is 1. The van der Waals surface area contributed by atoms with Crippen molar-refractivity contribution in [3.63, 3.8) is 0 Å². The van der Waals surface area contributed by atoms with Gasteiger partial charge in [-0.15, -0.1) is 11.3 Å². The molecule has 132 valence electrons. The SMILES string of the molecule is Cc1cc(NC(=O)c2cccc(F)c2)sc1C(=O)N[C@H]1CCCNC1. The molecule has 1 aromatic carbocycles. The highest BCUT2D eigenvalue weighted by molar-refractivity contribution is 7.18. The topological polar surface area (TPSA) is 70.2 Å². The highest BCUT2D eigenvalue weighted by Crippen LogP contribution is 2.27. The van der Waals surface area contributed by atoms with E-state index in [4.69, 9.17) is 0 Å². The molecule has 0 radical (unpaired) electrons. The molecule has 1 fully saturated rings. The number of thiophene rings is 1. The van der Waals surface area contributed by atoms with E-state index in [1.54, 1.807) is 12.1 Å². The number of anilines is 1. The summed E-state index contributed by atoms with van der Waals surface area (Å²) in [7, 11) is 0. The lowest BCUT2D eigenvalue weighted by atomic mass is 10.1. The second-order valence-electron chi connectivity index (χ2n) is 6.10. The molecule has 25 heavy (non-hydrogen) atoms. The predicted octanol–water partition coefficient (Wildman–Crippen LogP) is 2.93. The van der Waals surface area contributed by atoms with Gasteiger partial charge in [0.1, 0.15) is 5.82 Å². The van der Waals surface area contributed by atoms with E-state index in [2.05, 4.69) is 16.0 Å². The number of rotatable bonds is 4.